The minimum atomic E-state index is -0.0571. The summed E-state index contributed by atoms with van der Waals surface area (Å²) >= 11 is 0. The fourth-order valence-corrected chi connectivity index (χ4v) is 3.36. The molecule has 23 heavy (non-hydrogen) atoms. The second kappa shape index (κ2) is 6.58. The maximum atomic E-state index is 11.7. The summed E-state index contributed by atoms with van der Waals surface area (Å²) in [4.78, 5) is 24.9. The van der Waals surface area contributed by atoms with E-state index in [0.717, 1.165) is 24.3 Å². The largest absolute Gasteiger partial charge is 0.493 e. The normalized spacial score (nSPS) is 20.6. The van der Waals surface area contributed by atoms with Gasteiger partial charge >= 0.3 is 0 Å². The molecule has 0 spiro atoms. The molecule has 124 valence electrons. The van der Waals surface area contributed by atoms with Crippen LogP contribution in [-0.2, 0) is 16.0 Å². The summed E-state index contributed by atoms with van der Waals surface area (Å²) in [5, 5.41) is 3.47. The molecule has 2 heterocycles. The van der Waals surface area contributed by atoms with E-state index in [1.165, 1.54) is 10.5 Å². The molecule has 0 bridgehead atoms. The van der Waals surface area contributed by atoms with Gasteiger partial charge in [-0.2, -0.15) is 0 Å². The topological polar surface area (TPSA) is 67.9 Å². The van der Waals surface area contributed by atoms with Gasteiger partial charge < -0.3 is 14.8 Å². The van der Waals surface area contributed by atoms with E-state index >= 15 is 0 Å². The molecule has 1 saturated heterocycles. The highest BCUT2D eigenvalue weighted by atomic mass is 16.5. The molecule has 6 nitrogen and oxygen atoms in total. The summed E-state index contributed by atoms with van der Waals surface area (Å²) in [5.74, 6) is 1.32. The van der Waals surface area contributed by atoms with Gasteiger partial charge in [-0.25, -0.2) is 0 Å². The number of benzene rings is 1. The van der Waals surface area contributed by atoms with Gasteiger partial charge in [-0.15, -0.1) is 0 Å². The van der Waals surface area contributed by atoms with E-state index in [0.29, 0.717) is 31.6 Å². The van der Waals surface area contributed by atoms with Gasteiger partial charge in [-0.05, 0) is 42.6 Å². The minimum Gasteiger partial charge on any atom is -0.493 e. The summed E-state index contributed by atoms with van der Waals surface area (Å²) in [6, 6.07) is 4.13. The van der Waals surface area contributed by atoms with E-state index in [1.54, 1.807) is 14.2 Å². The monoisotopic (exact) mass is 318 g/mol. The SMILES string of the molecule is COc1cc2c(cc1OC)C(CCN1C(=O)CCC1=O)NCC2. The average Bonchev–Trinajstić information content (AvgIpc) is 2.89. The van der Waals surface area contributed by atoms with Crippen LogP contribution in [0.2, 0.25) is 0 Å². The molecule has 6 heteroatoms. The van der Waals surface area contributed by atoms with Gasteiger partial charge in [0.25, 0.3) is 0 Å². The van der Waals surface area contributed by atoms with Crippen molar-refractivity contribution >= 4 is 11.8 Å². The van der Waals surface area contributed by atoms with Crippen LogP contribution in [-0.4, -0.2) is 44.0 Å². The number of fused-ring (bicyclic) bond motifs is 1. The van der Waals surface area contributed by atoms with Gasteiger partial charge in [0.15, 0.2) is 11.5 Å². The Labute approximate surface area is 135 Å². The lowest BCUT2D eigenvalue weighted by molar-refractivity contribution is -0.138. The van der Waals surface area contributed by atoms with Crippen molar-refractivity contribution in [3.8, 4) is 11.5 Å². The lowest BCUT2D eigenvalue weighted by Crippen LogP contribution is -2.35. The van der Waals surface area contributed by atoms with Gasteiger partial charge in [-0.3, -0.25) is 14.5 Å². The Kier molecular flexibility index (Phi) is 4.52. The number of imide groups is 1. The quantitative estimate of drug-likeness (QED) is 0.832. The number of nitrogens with zero attached hydrogens (tertiary/aromatic N) is 1. The Morgan fingerprint density at radius 1 is 1.09 bits per heavy atom. The summed E-state index contributed by atoms with van der Waals surface area (Å²) < 4.78 is 10.8. The summed E-state index contributed by atoms with van der Waals surface area (Å²) in [6.07, 6.45) is 2.32. The van der Waals surface area contributed by atoms with Crippen LogP contribution in [0.3, 0.4) is 0 Å². The molecule has 2 aliphatic rings. The van der Waals surface area contributed by atoms with Crippen molar-refractivity contribution in [2.45, 2.75) is 31.7 Å². The molecule has 1 atom stereocenters. The molecule has 1 N–H and O–H groups in total. The van der Waals surface area contributed by atoms with Crippen molar-refractivity contribution in [3.05, 3.63) is 23.3 Å². The number of methoxy groups -OCH3 is 2. The van der Waals surface area contributed by atoms with Crippen LogP contribution in [0.1, 0.15) is 36.4 Å². The van der Waals surface area contributed by atoms with Gasteiger partial charge in [0.1, 0.15) is 0 Å². The van der Waals surface area contributed by atoms with Crippen molar-refractivity contribution in [1.29, 1.82) is 0 Å². The molecule has 0 saturated carbocycles. The number of hydrogen-bond donors (Lipinski definition) is 1. The maximum absolute atomic E-state index is 11.7. The lowest BCUT2D eigenvalue weighted by Gasteiger charge is -2.29. The Morgan fingerprint density at radius 3 is 2.39 bits per heavy atom. The molecule has 0 aliphatic carbocycles. The van der Waals surface area contributed by atoms with Gasteiger partial charge in [0.2, 0.25) is 11.8 Å². The van der Waals surface area contributed by atoms with Crippen molar-refractivity contribution in [2.24, 2.45) is 0 Å². The van der Waals surface area contributed by atoms with Crippen molar-refractivity contribution in [1.82, 2.24) is 10.2 Å². The van der Waals surface area contributed by atoms with Crippen LogP contribution in [0, 0.1) is 0 Å². The van der Waals surface area contributed by atoms with E-state index in [9.17, 15) is 9.59 Å². The van der Waals surface area contributed by atoms with E-state index in [4.69, 9.17) is 9.47 Å². The zero-order chi connectivity index (χ0) is 16.4. The fourth-order valence-electron chi connectivity index (χ4n) is 3.36. The first-order chi connectivity index (χ1) is 11.1. The first kappa shape index (κ1) is 15.8. The molecular weight excluding hydrogens is 296 g/mol. The maximum Gasteiger partial charge on any atom is 0.229 e. The predicted molar refractivity (Wildman–Crippen MR) is 84.6 cm³/mol. The zero-order valence-corrected chi connectivity index (χ0v) is 13.6. The second-order valence-corrected chi connectivity index (χ2v) is 5.89. The molecule has 1 unspecified atom stereocenters. The van der Waals surface area contributed by atoms with Crippen LogP contribution in [0.5, 0.6) is 11.5 Å². The third-order valence-electron chi connectivity index (χ3n) is 4.60. The van der Waals surface area contributed by atoms with Crippen molar-refractivity contribution < 1.29 is 19.1 Å². The molecule has 2 aliphatic heterocycles. The second-order valence-electron chi connectivity index (χ2n) is 5.89. The van der Waals surface area contributed by atoms with Crippen LogP contribution >= 0.6 is 0 Å². The highest BCUT2D eigenvalue weighted by Gasteiger charge is 2.30. The number of rotatable bonds is 5. The number of amides is 2. The number of hydrogen-bond acceptors (Lipinski definition) is 5. The number of nitrogens with one attached hydrogen (secondary N) is 1. The average molecular weight is 318 g/mol. The summed E-state index contributed by atoms with van der Waals surface area (Å²) in [6.45, 7) is 1.33. The van der Waals surface area contributed by atoms with Crippen LogP contribution in [0.25, 0.3) is 0 Å². The third-order valence-corrected chi connectivity index (χ3v) is 4.60. The van der Waals surface area contributed by atoms with E-state index < -0.39 is 0 Å². The first-order valence-corrected chi connectivity index (χ1v) is 7.95. The lowest BCUT2D eigenvalue weighted by atomic mass is 9.91. The Balaban J connectivity index is 1.78. The van der Waals surface area contributed by atoms with Gasteiger partial charge in [0.05, 0.1) is 14.2 Å². The first-order valence-electron chi connectivity index (χ1n) is 7.95. The minimum absolute atomic E-state index is 0.0571. The fraction of sp³-hybridized carbons (Fsp3) is 0.529. The van der Waals surface area contributed by atoms with Gasteiger partial charge in [-0.1, -0.05) is 0 Å². The molecule has 1 aromatic carbocycles. The van der Waals surface area contributed by atoms with Crippen molar-refractivity contribution in [3.63, 3.8) is 0 Å². The van der Waals surface area contributed by atoms with Gasteiger partial charge in [0, 0.05) is 25.4 Å². The van der Waals surface area contributed by atoms with Crippen LogP contribution in [0.15, 0.2) is 12.1 Å². The highest BCUT2D eigenvalue weighted by molar-refractivity contribution is 6.01. The molecule has 1 fully saturated rings. The molecule has 2 amide bonds. The van der Waals surface area contributed by atoms with E-state index in [-0.39, 0.29) is 17.9 Å². The number of ether oxygens (including phenoxy) is 2. The smallest absolute Gasteiger partial charge is 0.229 e. The Morgan fingerprint density at radius 2 is 1.74 bits per heavy atom. The molecule has 0 radical (unpaired) electrons. The van der Waals surface area contributed by atoms with Crippen LogP contribution < -0.4 is 14.8 Å². The summed E-state index contributed by atoms with van der Waals surface area (Å²) in [5.41, 5.74) is 2.39. The zero-order valence-electron chi connectivity index (χ0n) is 13.6. The third kappa shape index (κ3) is 3.03. The number of carbonyl (C=O) groups excluding carboxylic acids is 2. The standard InChI is InChI=1S/C17H22N2O4/c1-22-14-9-11-5-7-18-13(12(11)10-15(14)23-2)6-8-19-16(20)3-4-17(19)21/h9-10,13,18H,3-8H2,1-2H3. The molecule has 3 rings (SSSR count). The molecular formula is C17H22N2O4. The Bertz CT molecular complexity index is 613. The molecule has 0 aromatic heterocycles. The number of likely N-dealkylation sites (tertiary alicyclic amines) is 1. The Hall–Kier alpha value is -2.08. The van der Waals surface area contributed by atoms with E-state index in [1.807, 2.05) is 12.1 Å². The molecule has 1 aromatic rings. The van der Waals surface area contributed by atoms with Crippen molar-refractivity contribution in [2.75, 3.05) is 27.3 Å². The summed E-state index contributed by atoms with van der Waals surface area (Å²) in [7, 11) is 3.25. The van der Waals surface area contributed by atoms with Crippen LogP contribution in [0.4, 0.5) is 0 Å². The highest BCUT2D eigenvalue weighted by Crippen LogP contribution is 2.36. The number of carbonyl (C=O) groups is 2. The van der Waals surface area contributed by atoms with E-state index in [2.05, 4.69) is 5.32 Å². The predicted octanol–water partition coefficient (Wildman–Crippen LogP) is 1.43.